The van der Waals surface area contributed by atoms with Crippen molar-refractivity contribution in [2.24, 2.45) is 0 Å². The largest absolute Gasteiger partial charge is 0.394 e. The maximum atomic E-state index is 10.6. The highest BCUT2D eigenvalue weighted by Crippen LogP contribution is 2.32. The average Bonchev–Trinajstić information content (AvgIpc) is 2.83. The van der Waals surface area contributed by atoms with Crippen LogP contribution in [-0.2, 0) is 23.7 Å². The molecule has 0 bridgehead atoms. The van der Waals surface area contributed by atoms with Crippen LogP contribution in [0.25, 0.3) is 0 Å². The van der Waals surface area contributed by atoms with E-state index in [4.69, 9.17) is 23.7 Å². The van der Waals surface area contributed by atoms with Gasteiger partial charge in [-0.15, -0.1) is 0 Å². The predicted molar refractivity (Wildman–Crippen MR) is 101 cm³/mol. The van der Waals surface area contributed by atoms with Gasteiger partial charge in [0.15, 0.2) is 18.9 Å². The molecule has 3 aliphatic heterocycles. The third-order valence-electron chi connectivity index (χ3n) is 6.10. The highest BCUT2D eigenvalue weighted by Gasteiger charge is 2.53. The highest BCUT2D eigenvalue weighted by atomic mass is 16.8. The van der Waals surface area contributed by atoms with E-state index in [2.05, 4.69) is 0 Å². The quantitative estimate of drug-likeness (QED) is 0.154. The van der Waals surface area contributed by atoms with Gasteiger partial charge in [-0.3, -0.25) is 0 Å². The smallest absolute Gasteiger partial charge is 0.187 e. The van der Waals surface area contributed by atoms with Crippen LogP contribution in [0.4, 0.5) is 0 Å². The molecule has 16 nitrogen and oxygen atoms in total. The Morgan fingerprint density at radius 3 is 1.24 bits per heavy atom. The Kier molecular flexibility index (Phi) is 9.54. The minimum atomic E-state index is -1.94. The van der Waals surface area contributed by atoms with Crippen molar-refractivity contribution in [2.75, 3.05) is 19.8 Å². The molecule has 0 amide bonds. The molecule has 0 saturated carbocycles. The lowest BCUT2D eigenvalue weighted by Crippen LogP contribution is -2.67. The van der Waals surface area contributed by atoms with Crippen molar-refractivity contribution in [2.45, 2.75) is 92.1 Å². The number of hydrogen-bond donors (Lipinski definition) is 11. The summed E-state index contributed by atoms with van der Waals surface area (Å²) in [7, 11) is 0. The second-order valence-corrected chi connectivity index (χ2v) is 8.33. The monoisotopic (exact) mass is 504 g/mol. The first kappa shape index (κ1) is 27.9. The fourth-order valence-corrected chi connectivity index (χ4v) is 4.03. The molecule has 3 fully saturated rings. The van der Waals surface area contributed by atoms with Crippen molar-refractivity contribution in [3.63, 3.8) is 0 Å². The van der Waals surface area contributed by atoms with Gasteiger partial charge in [0, 0.05) is 0 Å². The van der Waals surface area contributed by atoms with Crippen molar-refractivity contribution in [1.82, 2.24) is 0 Å². The Labute approximate surface area is 192 Å². The number of aliphatic hydroxyl groups excluding tert-OH is 11. The molecule has 1 unspecified atom stereocenters. The van der Waals surface area contributed by atoms with E-state index in [9.17, 15) is 56.2 Å². The fraction of sp³-hybridized carbons (Fsp3) is 1.00. The summed E-state index contributed by atoms with van der Waals surface area (Å²) in [6.07, 6.45) is -25.6. The summed E-state index contributed by atoms with van der Waals surface area (Å²) in [6, 6.07) is 0. The van der Waals surface area contributed by atoms with Crippen molar-refractivity contribution in [3.8, 4) is 0 Å². The van der Waals surface area contributed by atoms with Crippen LogP contribution in [0.2, 0.25) is 0 Å². The van der Waals surface area contributed by atoms with Crippen LogP contribution in [0.3, 0.4) is 0 Å². The molecule has 0 aromatic heterocycles. The van der Waals surface area contributed by atoms with Crippen molar-refractivity contribution < 1.29 is 79.9 Å². The zero-order valence-electron chi connectivity index (χ0n) is 17.7. The first-order valence-electron chi connectivity index (χ1n) is 10.6. The third-order valence-corrected chi connectivity index (χ3v) is 6.10. The summed E-state index contributed by atoms with van der Waals surface area (Å²) in [5.74, 6) is 0. The van der Waals surface area contributed by atoms with Gasteiger partial charge < -0.3 is 79.9 Å². The molecule has 15 atom stereocenters. The van der Waals surface area contributed by atoms with Crippen molar-refractivity contribution in [1.29, 1.82) is 0 Å². The van der Waals surface area contributed by atoms with Crippen LogP contribution in [0.5, 0.6) is 0 Å². The number of hydrogen-bond acceptors (Lipinski definition) is 16. The lowest BCUT2D eigenvalue weighted by atomic mass is 9.96. The van der Waals surface area contributed by atoms with Gasteiger partial charge in [0.1, 0.15) is 73.2 Å². The van der Waals surface area contributed by atoms with E-state index in [1.165, 1.54) is 0 Å². The normalized spacial score (nSPS) is 52.5. The van der Waals surface area contributed by atoms with Gasteiger partial charge in [-0.25, -0.2) is 0 Å². The van der Waals surface area contributed by atoms with Crippen molar-refractivity contribution in [3.05, 3.63) is 0 Å². The zero-order valence-corrected chi connectivity index (χ0v) is 17.7. The molecule has 34 heavy (non-hydrogen) atoms. The van der Waals surface area contributed by atoms with Gasteiger partial charge in [-0.1, -0.05) is 0 Å². The topological polar surface area (TPSA) is 269 Å². The standard InChI is InChI=1S/C18H32O16/c19-1-4-7(22)10(25)12(27)17(31-4)33-14-9(24)6(3-21)30-16(29)15(14)34-18-13(28)11(26)8(23)5(2-20)32-18/h4-29H,1-3H2/t4-,5-,6-,7-,8+,9-,10+,11+,12+,13-,14+,15-,16?,17-,18+/m1/s1. The maximum absolute atomic E-state index is 10.6. The first-order valence-corrected chi connectivity index (χ1v) is 10.6. The van der Waals surface area contributed by atoms with Gasteiger partial charge in [0.25, 0.3) is 0 Å². The SMILES string of the molecule is OC[C@H]1O[C@@H](O[C@H]2C(O)O[C@H](CO)[C@@H](O)[C@@H]2O[C@H]2O[C@H](CO)[C@@H](O)[C@H](O)[C@@H]2O)[C@H](O)[C@@H](O)[C@H]1O. The maximum Gasteiger partial charge on any atom is 0.187 e. The van der Waals surface area contributed by atoms with Gasteiger partial charge in [-0.05, 0) is 0 Å². The molecule has 0 aromatic carbocycles. The second-order valence-electron chi connectivity index (χ2n) is 8.33. The van der Waals surface area contributed by atoms with Crippen LogP contribution >= 0.6 is 0 Å². The van der Waals surface area contributed by atoms with E-state index >= 15 is 0 Å². The minimum absolute atomic E-state index is 0.769. The van der Waals surface area contributed by atoms with Gasteiger partial charge in [-0.2, -0.15) is 0 Å². The third kappa shape index (κ3) is 5.37. The molecular formula is C18H32O16. The van der Waals surface area contributed by atoms with E-state index in [1.807, 2.05) is 0 Å². The predicted octanol–water partition coefficient (Wildman–Crippen LogP) is -7.57. The van der Waals surface area contributed by atoms with E-state index in [0.29, 0.717) is 0 Å². The summed E-state index contributed by atoms with van der Waals surface area (Å²) in [6.45, 7) is -2.33. The van der Waals surface area contributed by atoms with E-state index < -0.39 is 112 Å². The molecule has 16 heteroatoms. The molecule has 3 aliphatic rings. The molecule has 3 heterocycles. The van der Waals surface area contributed by atoms with Gasteiger partial charge >= 0.3 is 0 Å². The van der Waals surface area contributed by atoms with E-state index in [0.717, 1.165) is 0 Å². The Bertz CT molecular complexity index is 637. The average molecular weight is 504 g/mol. The van der Waals surface area contributed by atoms with Crippen LogP contribution in [-0.4, -0.2) is 168 Å². The minimum Gasteiger partial charge on any atom is -0.394 e. The lowest BCUT2D eigenvalue weighted by Gasteiger charge is -2.48. The van der Waals surface area contributed by atoms with E-state index in [1.54, 1.807) is 0 Å². The van der Waals surface area contributed by atoms with Gasteiger partial charge in [0.2, 0.25) is 0 Å². The highest BCUT2D eigenvalue weighted by molar-refractivity contribution is 4.96. The molecule has 200 valence electrons. The lowest BCUT2D eigenvalue weighted by molar-refractivity contribution is -0.387. The zero-order chi connectivity index (χ0) is 25.3. The molecule has 3 saturated heterocycles. The van der Waals surface area contributed by atoms with Gasteiger partial charge in [0.05, 0.1) is 19.8 Å². The first-order chi connectivity index (χ1) is 16.0. The van der Waals surface area contributed by atoms with Crippen LogP contribution in [0.1, 0.15) is 0 Å². The Morgan fingerprint density at radius 2 is 0.824 bits per heavy atom. The summed E-state index contributed by atoms with van der Waals surface area (Å²) in [5.41, 5.74) is 0. The number of ether oxygens (including phenoxy) is 5. The van der Waals surface area contributed by atoms with Crippen LogP contribution in [0, 0.1) is 0 Å². The summed E-state index contributed by atoms with van der Waals surface area (Å²) in [5, 5.41) is 109. The molecule has 0 spiro atoms. The summed E-state index contributed by atoms with van der Waals surface area (Å²) in [4.78, 5) is 0. The molecule has 0 aliphatic carbocycles. The fourth-order valence-electron chi connectivity index (χ4n) is 4.03. The molecule has 3 rings (SSSR count). The molecular weight excluding hydrogens is 472 g/mol. The Hall–Kier alpha value is -0.640. The van der Waals surface area contributed by atoms with Crippen LogP contribution in [0.15, 0.2) is 0 Å². The molecule has 0 radical (unpaired) electrons. The van der Waals surface area contributed by atoms with E-state index in [-0.39, 0.29) is 0 Å². The van der Waals surface area contributed by atoms with Crippen molar-refractivity contribution >= 4 is 0 Å². The molecule has 11 N–H and O–H groups in total. The Balaban J connectivity index is 1.83. The Morgan fingerprint density at radius 1 is 0.441 bits per heavy atom. The summed E-state index contributed by atoms with van der Waals surface area (Å²) >= 11 is 0. The second kappa shape index (κ2) is 11.6. The summed E-state index contributed by atoms with van der Waals surface area (Å²) < 4.78 is 26.5. The van der Waals surface area contributed by atoms with Crippen LogP contribution < -0.4 is 0 Å². The molecule has 0 aromatic rings. The number of aliphatic hydroxyl groups is 11. The number of rotatable bonds is 7.